The molecule has 0 heterocycles. The van der Waals surface area contributed by atoms with Gasteiger partial charge < -0.3 is 4.65 Å². The van der Waals surface area contributed by atoms with E-state index in [2.05, 4.69) is 23.1 Å². The highest BCUT2D eigenvalue weighted by Crippen LogP contribution is 2.32. The molecule has 0 aromatic rings. The Bertz CT molecular complexity index is 95.7. The van der Waals surface area contributed by atoms with Gasteiger partial charge in [-0.1, -0.05) is 13.8 Å². The van der Waals surface area contributed by atoms with Crippen LogP contribution in [0, 0.1) is 0 Å². The Labute approximate surface area is 61.2 Å². The first-order valence-corrected chi connectivity index (χ1v) is 3.56. The number of hydrogen-bond acceptors (Lipinski definition) is 1. The van der Waals surface area contributed by atoms with Crippen LogP contribution in [0.15, 0.2) is 0 Å². The summed E-state index contributed by atoms with van der Waals surface area (Å²) in [5.74, 6) is 0. The molecule has 9 heavy (non-hydrogen) atoms. The van der Waals surface area contributed by atoms with E-state index in [4.69, 9.17) is 12.7 Å². The molecule has 0 N–H and O–H groups in total. The minimum Gasteiger partial charge on any atom is -0.442 e. The molecule has 0 bridgehead atoms. The Balaban J connectivity index is 4.14. The summed E-state index contributed by atoms with van der Waals surface area (Å²) >= 11 is 0. The molecule has 52 valence electrons. The first kappa shape index (κ1) is 9.45. The van der Waals surface area contributed by atoms with Gasteiger partial charge in [0.2, 0.25) is 0 Å². The van der Waals surface area contributed by atoms with E-state index in [0.717, 1.165) is 0 Å². The van der Waals surface area contributed by atoms with Crippen LogP contribution >= 0.6 is 9.24 Å². The molecule has 3 heteroatoms. The predicted octanol–water partition coefficient (Wildman–Crippen LogP) is 1.52. The zero-order chi connectivity index (χ0) is 7.71. The normalized spacial score (nSPS) is 13.9. The summed E-state index contributed by atoms with van der Waals surface area (Å²) in [6.07, 6.45) is 0. The van der Waals surface area contributed by atoms with Gasteiger partial charge in [0.05, 0.1) is 5.60 Å². The van der Waals surface area contributed by atoms with Gasteiger partial charge in [0.15, 0.2) is 0 Å². The van der Waals surface area contributed by atoms with E-state index in [1.165, 1.54) is 0 Å². The number of rotatable bonds is 2. The fourth-order valence-corrected chi connectivity index (χ4v) is 0.220. The maximum atomic E-state index is 5.08. The quantitative estimate of drug-likeness (QED) is 0.421. The van der Waals surface area contributed by atoms with Gasteiger partial charge in [-0.3, -0.25) is 0 Å². The third-order valence-electron chi connectivity index (χ3n) is 1.85. The van der Waals surface area contributed by atoms with Crippen molar-refractivity contribution in [3.8, 4) is 0 Å². The van der Waals surface area contributed by atoms with Crippen molar-refractivity contribution in [3.05, 3.63) is 0 Å². The SMILES string of the molecule is [B]OC(C)(C)C(C)(C)P. The lowest BCUT2D eigenvalue weighted by molar-refractivity contribution is 0.0882. The highest BCUT2D eigenvalue weighted by atomic mass is 31.0. The minimum atomic E-state index is -0.280. The fourth-order valence-electron chi connectivity index (χ4n) is 0.152. The average molecular weight is 144 g/mol. The third-order valence-corrected chi connectivity index (χ3v) is 2.54. The third kappa shape index (κ3) is 2.27. The molecule has 1 unspecified atom stereocenters. The van der Waals surface area contributed by atoms with Crippen LogP contribution in [0.1, 0.15) is 27.7 Å². The van der Waals surface area contributed by atoms with E-state index in [0.29, 0.717) is 0 Å². The van der Waals surface area contributed by atoms with E-state index in [9.17, 15) is 0 Å². The van der Waals surface area contributed by atoms with Gasteiger partial charge >= 0.3 is 0 Å². The lowest BCUT2D eigenvalue weighted by Gasteiger charge is -2.37. The largest absolute Gasteiger partial charge is 0.442 e. The molecule has 0 spiro atoms. The van der Waals surface area contributed by atoms with Crippen LogP contribution in [0.4, 0.5) is 0 Å². The van der Waals surface area contributed by atoms with E-state index >= 15 is 0 Å². The van der Waals surface area contributed by atoms with Gasteiger partial charge in [0.1, 0.15) is 0 Å². The maximum Gasteiger partial charge on any atom is 0.283 e. The molecule has 0 rings (SSSR count). The molecule has 0 aliphatic carbocycles. The van der Waals surface area contributed by atoms with Gasteiger partial charge in [0.25, 0.3) is 8.05 Å². The highest BCUT2D eigenvalue weighted by Gasteiger charge is 2.31. The lowest BCUT2D eigenvalue weighted by Crippen LogP contribution is -2.41. The summed E-state index contributed by atoms with van der Waals surface area (Å²) < 4.78 is 4.78. The zero-order valence-corrected chi connectivity index (χ0v) is 7.72. The summed E-state index contributed by atoms with van der Waals surface area (Å²) in [6.45, 7) is 8.04. The van der Waals surface area contributed by atoms with Crippen molar-refractivity contribution >= 4 is 17.3 Å². The molecule has 0 aromatic heterocycles. The second kappa shape index (κ2) is 2.60. The molecule has 1 atom stereocenters. The van der Waals surface area contributed by atoms with Crippen molar-refractivity contribution in [2.24, 2.45) is 0 Å². The van der Waals surface area contributed by atoms with Crippen molar-refractivity contribution in [1.29, 1.82) is 0 Å². The monoisotopic (exact) mass is 144 g/mol. The first-order chi connectivity index (χ1) is 3.81. The van der Waals surface area contributed by atoms with Gasteiger partial charge in [0, 0.05) is 5.16 Å². The van der Waals surface area contributed by atoms with E-state index in [1.807, 2.05) is 13.8 Å². The van der Waals surface area contributed by atoms with Crippen LogP contribution < -0.4 is 0 Å². The Morgan fingerprint density at radius 1 is 1.22 bits per heavy atom. The topological polar surface area (TPSA) is 9.23 Å². The zero-order valence-electron chi connectivity index (χ0n) is 6.56. The molecule has 0 saturated carbocycles. The molecule has 2 radical (unpaired) electrons. The standard InChI is InChI=1S/C6H14BOP/c1-5(2,8-7)6(3,4)9/h9H2,1-4H3. The summed E-state index contributed by atoms with van der Waals surface area (Å²) in [6, 6.07) is 0. The second-order valence-electron chi connectivity index (χ2n) is 3.35. The Morgan fingerprint density at radius 3 is 1.56 bits per heavy atom. The minimum absolute atomic E-state index is 0.0156. The molecular weight excluding hydrogens is 130 g/mol. The second-order valence-corrected chi connectivity index (χ2v) is 4.79. The van der Waals surface area contributed by atoms with E-state index in [1.54, 1.807) is 0 Å². The van der Waals surface area contributed by atoms with Crippen LogP contribution in [0.2, 0.25) is 0 Å². The van der Waals surface area contributed by atoms with Crippen LogP contribution in [0.3, 0.4) is 0 Å². The summed E-state index contributed by atoms with van der Waals surface area (Å²) in [5, 5.41) is 0.0156. The molecule has 0 amide bonds. The van der Waals surface area contributed by atoms with Gasteiger partial charge in [-0.15, -0.1) is 9.24 Å². The van der Waals surface area contributed by atoms with Crippen LogP contribution in [-0.2, 0) is 4.65 Å². The number of hydrogen-bond donors (Lipinski definition) is 0. The van der Waals surface area contributed by atoms with Gasteiger partial charge in [-0.2, -0.15) is 0 Å². The molecule has 0 saturated heterocycles. The van der Waals surface area contributed by atoms with Crippen molar-refractivity contribution < 1.29 is 4.65 Å². The molecule has 0 aromatic carbocycles. The fraction of sp³-hybridized carbons (Fsp3) is 1.00. The lowest BCUT2D eigenvalue weighted by atomic mass is 9.93. The molecule has 1 nitrogen and oxygen atoms in total. The Morgan fingerprint density at radius 2 is 1.56 bits per heavy atom. The molecule has 0 fully saturated rings. The van der Waals surface area contributed by atoms with Gasteiger partial charge in [-0.25, -0.2) is 0 Å². The van der Waals surface area contributed by atoms with Crippen molar-refractivity contribution in [3.63, 3.8) is 0 Å². The van der Waals surface area contributed by atoms with Crippen molar-refractivity contribution in [2.45, 2.75) is 38.5 Å². The Kier molecular flexibility index (Phi) is 2.73. The summed E-state index contributed by atoms with van der Waals surface area (Å²) in [4.78, 5) is 0. The Hall–Kier alpha value is 0.455. The summed E-state index contributed by atoms with van der Waals surface area (Å²) in [5.41, 5.74) is -0.280. The molecular formula is C6H14BOP. The smallest absolute Gasteiger partial charge is 0.283 e. The van der Waals surface area contributed by atoms with Gasteiger partial charge in [-0.05, 0) is 13.8 Å². The van der Waals surface area contributed by atoms with Crippen LogP contribution in [-0.4, -0.2) is 18.8 Å². The van der Waals surface area contributed by atoms with Crippen LogP contribution in [0.5, 0.6) is 0 Å². The van der Waals surface area contributed by atoms with E-state index in [-0.39, 0.29) is 10.8 Å². The van der Waals surface area contributed by atoms with Crippen molar-refractivity contribution in [1.82, 2.24) is 0 Å². The van der Waals surface area contributed by atoms with E-state index < -0.39 is 0 Å². The van der Waals surface area contributed by atoms with Crippen LogP contribution in [0.25, 0.3) is 0 Å². The van der Waals surface area contributed by atoms with Crippen molar-refractivity contribution in [2.75, 3.05) is 0 Å². The molecule has 0 aliphatic heterocycles. The first-order valence-electron chi connectivity index (χ1n) is 2.98. The maximum absolute atomic E-state index is 5.08. The predicted molar refractivity (Wildman–Crippen MR) is 44.7 cm³/mol. The highest BCUT2D eigenvalue weighted by molar-refractivity contribution is 7.19. The average Bonchev–Trinajstić information content (AvgIpc) is 1.64. The molecule has 0 aliphatic rings. The summed E-state index contributed by atoms with van der Waals surface area (Å²) in [7, 11) is 7.78.